The first-order valence-electron chi connectivity index (χ1n) is 8.21. The number of carbonyl (C=O) groups is 1. The number of nitriles is 1. The van der Waals surface area contributed by atoms with Crippen molar-refractivity contribution in [3.63, 3.8) is 0 Å². The lowest BCUT2D eigenvalue weighted by molar-refractivity contribution is -0.112. The summed E-state index contributed by atoms with van der Waals surface area (Å²) in [7, 11) is 0. The van der Waals surface area contributed by atoms with E-state index in [2.05, 4.69) is 12.2 Å². The van der Waals surface area contributed by atoms with Crippen molar-refractivity contribution in [2.45, 2.75) is 33.1 Å². The van der Waals surface area contributed by atoms with E-state index in [9.17, 15) is 10.1 Å². The predicted octanol–water partition coefficient (Wildman–Crippen LogP) is 4.88. The quantitative estimate of drug-likeness (QED) is 0.609. The van der Waals surface area contributed by atoms with Crippen molar-refractivity contribution in [1.82, 2.24) is 0 Å². The topological polar surface area (TPSA) is 52.9 Å². The van der Waals surface area contributed by atoms with Crippen molar-refractivity contribution in [3.8, 4) is 6.07 Å². The van der Waals surface area contributed by atoms with Gasteiger partial charge in [-0.3, -0.25) is 4.79 Å². The zero-order chi connectivity index (χ0) is 17.4. The van der Waals surface area contributed by atoms with Crippen LogP contribution in [0, 0.1) is 18.3 Å². The highest BCUT2D eigenvalue weighted by atomic mass is 16.1. The van der Waals surface area contributed by atoms with Crippen molar-refractivity contribution in [2.24, 2.45) is 0 Å². The molecule has 0 saturated carbocycles. The summed E-state index contributed by atoms with van der Waals surface area (Å²) in [5, 5.41) is 12.0. The average Bonchev–Trinajstić information content (AvgIpc) is 2.60. The third kappa shape index (κ3) is 5.10. The fourth-order valence-electron chi connectivity index (χ4n) is 2.31. The molecule has 0 aliphatic rings. The molecule has 24 heavy (non-hydrogen) atoms. The van der Waals surface area contributed by atoms with Crippen LogP contribution in [0.5, 0.6) is 0 Å². The van der Waals surface area contributed by atoms with Crippen molar-refractivity contribution >= 4 is 17.7 Å². The summed E-state index contributed by atoms with van der Waals surface area (Å²) in [5.41, 5.74) is 4.02. The van der Waals surface area contributed by atoms with Crippen LogP contribution in [-0.2, 0) is 11.2 Å². The van der Waals surface area contributed by atoms with E-state index in [0.29, 0.717) is 5.69 Å². The number of carbonyl (C=O) groups excluding carboxylic acids is 1. The predicted molar refractivity (Wildman–Crippen MR) is 98.5 cm³/mol. The minimum Gasteiger partial charge on any atom is -0.321 e. The highest BCUT2D eigenvalue weighted by Gasteiger charge is 2.09. The van der Waals surface area contributed by atoms with Gasteiger partial charge in [0.15, 0.2) is 0 Å². The summed E-state index contributed by atoms with van der Waals surface area (Å²) in [5.74, 6) is -0.389. The van der Waals surface area contributed by atoms with Gasteiger partial charge in [0.1, 0.15) is 11.6 Å². The van der Waals surface area contributed by atoms with Gasteiger partial charge in [0.05, 0.1) is 0 Å². The number of hydrogen-bond acceptors (Lipinski definition) is 2. The first kappa shape index (κ1) is 17.5. The van der Waals surface area contributed by atoms with Crippen LogP contribution >= 0.6 is 0 Å². The number of unbranched alkanes of at least 4 members (excludes halogenated alkanes) is 1. The second-order valence-electron chi connectivity index (χ2n) is 5.84. The van der Waals surface area contributed by atoms with Crippen LogP contribution in [-0.4, -0.2) is 5.91 Å². The first-order chi connectivity index (χ1) is 11.6. The Morgan fingerprint density at radius 2 is 1.79 bits per heavy atom. The van der Waals surface area contributed by atoms with E-state index in [-0.39, 0.29) is 11.5 Å². The minimum absolute atomic E-state index is 0.0916. The van der Waals surface area contributed by atoms with Crippen LogP contribution in [0.4, 0.5) is 5.69 Å². The standard InChI is InChI=1S/C21H22N2O/c1-3-4-5-17-10-12-20(13-11-17)23-21(24)19(15-22)14-18-8-6-16(2)7-9-18/h6-14H,3-5H2,1-2H3,(H,23,24)/b19-14+. The zero-order valence-corrected chi connectivity index (χ0v) is 14.2. The molecule has 2 aromatic carbocycles. The second-order valence-corrected chi connectivity index (χ2v) is 5.84. The van der Waals surface area contributed by atoms with Gasteiger partial charge in [-0.25, -0.2) is 0 Å². The molecule has 2 aromatic rings. The van der Waals surface area contributed by atoms with E-state index in [0.717, 1.165) is 30.4 Å². The Labute approximate surface area is 143 Å². The van der Waals surface area contributed by atoms with E-state index >= 15 is 0 Å². The fourth-order valence-corrected chi connectivity index (χ4v) is 2.31. The highest BCUT2D eigenvalue weighted by molar-refractivity contribution is 6.09. The van der Waals surface area contributed by atoms with Gasteiger partial charge in [0.25, 0.3) is 5.91 Å². The van der Waals surface area contributed by atoms with Crippen LogP contribution in [0.3, 0.4) is 0 Å². The molecule has 0 fully saturated rings. The Hall–Kier alpha value is -2.86. The molecule has 0 spiro atoms. The van der Waals surface area contributed by atoms with Crippen LogP contribution in [0.1, 0.15) is 36.5 Å². The molecule has 122 valence electrons. The Morgan fingerprint density at radius 1 is 1.12 bits per heavy atom. The number of nitrogens with one attached hydrogen (secondary N) is 1. The number of amides is 1. The largest absolute Gasteiger partial charge is 0.321 e. The Bertz CT molecular complexity index is 750. The molecular weight excluding hydrogens is 296 g/mol. The molecule has 0 saturated heterocycles. The molecule has 0 aliphatic heterocycles. The van der Waals surface area contributed by atoms with Gasteiger partial charge in [0, 0.05) is 5.69 Å². The maximum absolute atomic E-state index is 12.3. The molecule has 1 amide bonds. The smallest absolute Gasteiger partial charge is 0.266 e. The third-order valence-electron chi connectivity index (χ3n) is 3.78. The van der Waals surface area contributed by atoms with Crippen LogP contribution in [0.2, 0.25) is 0 Å². The SMILES string of the molecule is CCCCc1ccc(NC(=O)/C(C#N)=C/c2ccc(C)cc2)cc1. The number of rotatable bonds is 6. The van der Waals surface area contributed by atoms with Crippen molar-refractivity contribution < 1.29 is 4.79 Å². The molecule has 3 heteroatoms. The lowest BCUT2D eigenvalue weighted by Gasteiger charge is -2.06. The zero-order valence-electron chi connectivity index (χ0n) is 14.2. The summed E-state index contributed by atoms with van der Waals surface area (Å²) in [4.78, 5) is 12.3. The van der Waals surface area contributed by atoms with E-state index in [1.807, 2.05) is 61.5 Å². The second kappa shape index (κ2) is 8.69. The lowest BCUT2D eigenvalue weighted by Crippen LogP contribution is -2.13. The maximum Gasteiger partial charge on any atom is 0.266 e. The molecule has 0 radical (unpaired) electrons. The van der Waals surface area contributed by atoms with Crippen LogP contribution in [0.25, 0.3) is 6.08 Å². The van der Waals surface area contributed by atoms with E-state index in [1.54, 1.807) is 6.08 Å². The van der Waals surface area contributed by atoms with Crippen molar-refractivity contribution in [2.75, 3.05) is 5.32 Å². The Morgan fingerprint density at radius 3 is 2.38 bits per heavy atom. The molecule has 2 rings (SSSR count). The van der Waals surface area contributed by atoms with Gasteiger partial charge in [-0.05, 0) is 49.1 Å². The molecule has 0 aliphatic carbocycles. The van der Waals surface area contributed by atoms with Gasteiger partial charge < -0.3 is 5.32 Å². The monoisotopic (exact) mass is 318 g/mol. The number of hydrogen-bond donors (Lipinski definition) is 1. The van der Waals surface area contributed by atoms with Crippen molar-refractivity contribution in [3.05, 3.63) is 70.8 Å². The minimum atomic E-state index is -0.389. The van der Waals surface area contributed by atoms with Crippen molar-refractivity contribution in [1.29, 1.82) is 5.26 Å². The summed E-state index contributed by atoms with van der Waals surface area (Å²) in [6.45, 7) is 4.16. The molecule has 0 aromatic heterocycles. The van der Waals surface area contributed by atoms with Gasteiger partial charge in [-0.1, -0.05) is 55.3 Å². The van der Waals surface area contributed by atoms with Gasteiger partial charge in [-0.2, -0.15) is 5.26 Å². The van der Waals surface area contributed by atoms with E-state index in [1.165, 1.54) is 5.56 Å². The summed E-state index contributed by atoms with van der Waals surface area (Å²) >= 11 is 0. The lowest BCUT2D eigenvalue weighted by atomic mass is 10.1. The Kier molecular flexibility index (Phi) is 6.33. The van der Waals surface area contributed by atoms with E-state index in [4.69, 9.17) is 0 Å². The summed E-state index contributed by atoms with van der Waals surface area (Å²) in [6, 6.07) is 17.4. The van der Waals surface area contributed by atoms with Crippen LogP contribution < -0.4 is 5.32 Å². The summed E-state index contributed by atoms with van der Waals surface area (Å²) < 4.78 is 0. The van der Waals surface area contributed by atoms with Gasteiger partial charge in [0.2, 0.25) is 0 Å². The highest BCUT2D eigenvalue weighted by Crippen LogP contribution is 2.14. The third-order valence-corrected chi connectivity index (χ3v) is 3.78. The maximum atomic E-state index is 12.3. The Balaban J connectivity index is 2.06. The number of aryl methyl sites for hydroxylation is 2. The van der Waals surface area contributed by atoms with E-state index < -0.39 is 0 Å². The molecule has 1 N–H and O–H groups in total. The number of benzene rings is 2. The molecule has 3 nitrogen and oxygen atoms in total. The molecule has 0 heterocycles. The first-order valence-corrected chi connectivity index (χ1v) is 8.21. The molecule has 0 atom stereocenters. The normalized spacial score (nSPS) is 11.0. The number of anilines is 1. The van der Waals surface area contributed by atoms with Crippen LogP contribution in [0.15, 0.2) is 54.1 Å². The molecule has 0 bridgehead atoms. The number of nitrogens with zero attached hydrogens (tertiary/aromatic N) is 1. The van der Waals surface area contributed by atoms with Gasteiger partial charge >= 0.3 is 0 Å². The molecular formula is C21H22N2O. The summed E-state index contributed by atoms with van der Waals surface area (Å²) in [6.07, 6.45) is 4.96. The van der Waals surface area contributed by atoms with Gasteiger partial charge in [-0.15, -0.1) is 0 Å². The fraction of sp³-hybridized carbons (Fsp3) is 0.238. The molecule has 0 unspecified atom stereocenters. The average molecular weight is 318 g/mol.